The van der Waals surface area contributed by atoms with Crippen LogP contribution in [0.4, 0.5) is 0 Å². The Morgan fingerprint density at radius 2 is 2.25 bits per heavy atom. The minimum absolute atomic E-state index is 0.124. The summed E-state index contributed by atoms with van der Waals surface area (Å²) in [5, 5.41) is 7.50. The second-order valence-corrected chi connectivity index (χ2v) is 4.24. The van der Waals surface area contributed by atoms with Crippen molar-refractivity contribution in [3.63, 3.8) is 0 Å². The van der Waals surface area contributed by atoms with Crippen molar-refractivity contribution in [1.82, 2.24) is 15.1 Å². The second kappa shape index (κ2) is 7.01. The molecule has 1 aromatic heterocycles. The molecule has 0 saturated carbocycles. The molecule has 1 unspecified atom stereocenters. The van der Waals surface area contributed by atoms with Crippen molar-refractivity contribution < 1.29 is 9.47 Å². The maximum atomic E-state index is 5.18. The Hall–Kier alpha value is -0.430. The third kappa shape index (κ3) is 3.28. The van der Waals surface area contributed by atoms with Crippen molar-refractivity contribution >= 4 is 15.9 Å². The van der Waals surface area contributed by atoms with Crippen molar-refractivity contribution in [3.05, 3.63) is 16.4 Å². The Balaban J connectivity index is 2.85. The molecular formula is C10H18BrN3O2. The summed E-state index contributed by atoms with van der Waals surface area (Å²) in [5.41, 5.74) is 1.08. The number of nitrogens with zero attached hydrogens (tertiary/aromatic N) is 2. The van der Waals surface area contributed by atoms with E-state index in [-0.39, 0.29) is 6.04 Å². The van der Waals surface area contributed by atoms with Gasteiger partial charge in [-0.15, -0.1) is 0 Å². The van der Waals surface area contributed by atoms with Crippen molar-refractivity contribution in [1.29, 1.82) is 0 Å². The van der Waals surface area contributed by atoms with Crippen LogP contribution in [-0.2, 0) is 16.0 Å². The molecule has 6 heteroatoms. The van der Waals surface area contributed by atoms with E-state index in [0.29, 0.717) is 13.2 Å². The molecule has 0 amide bonds. The molecule has 5 nitrogen and oxygen atoms in total. The summed E-state index contributed by atoms with van der Waals surface area (Å²) in [5.74, 6) is 0. The van der Waals surface area contributed by atoms with Crippen LogP contribution in [0.5, 0.6) is 0 Å². The summed E-state index contributed by atoms with van der Waals surface area (Å²) < 4.78 is 13.1. The van der Waals surface area contributed by atoms with Crippen LogP contribution in [0, 0.1) is 0 Å². The fourth-order valence-electron chi connectivity index (χ4n) is 1.54. The van der Waals surface area contributed by atoms with Gasteiger partial charge < -0.3 is 14.8 Å². The zero-order valence-electron chi connectivity index (χ0n) is 9.86. The molecular weight excluding hydrogens is 274 g/mol. The number of ether oxygens (including phenoxy) is 2. The first-order valence-electron chi connectivity index (χ1n) is 5.11. The quantitative estimate of drug-likeness (QED) is 0.820. The zero-order chi connectivity index (χ0) is 12.0. The van der Waals surface area contributed by atoms with E-state index in [9.17, 15) is 0 Å². The lowest BCUT2D eigenvalue weighted by Crippen LogP contribution is -2.25. The molecule has 92 valence electrons. The topological polar surface area (TPSA) is 48.3 Å². The zero-order valence-corrected chi connectivity index (χ0v) is 11.5. The van der Waals surface area contributed by atoms with E-state index in [0.717, 1.165) is 16.7 Å². The first-order valence-corrected chi connectivity index (χ1v) is 5.90. The van der Waals surface area contributed by atoms with E-state index >= 15 is 0 Å². The first-order chi connectivity index (χ1) is 7.74. The first kappa shape index (κ1) is 13.6. The van der Waals surface area contributed by atoms with E-state index in [4.69, 9.17) is 9.47 Å². The largest absolute Gasteiger partial charge is 0.383 e. The Labute approximate surface area is 104 Å². The molecule has 0 spiro atoms. The van der Waals surface area contributed by atoms with Gasteiger partial charge in [0, 0.05) is 14.2 Å². The Bertz CT molecular complexity index is 317. The van der Waals surface area contributed by atoms with E-state index < -0.39 is 0 Å². The molecule has 0 saturated heterocycles. The SMILES string of the molecule is CNC(COC)c1c(Br)cnn1CCOC. The average Bonchev–Trinajstić information content (AvgIpc) is 2.65. The Morgan fingerprint density at radius 3 is 2.81 bits per heavy atom. The predicted molar refractivity (Wildman–Crippen MR) is 65.5 cm³/mol. The van der Waals surface area contributed by atoms with Crippen LogP contribution in [0.2, 0.25) is 0 Å². The van der Waals surface area contributed by atoms with Crippen molar-refractivity contribution in [2.24, 2.45) is 0 Å². The molecule has 0 aromatic carbocycles. The Kier molecular flexibility index (Phi) is 5.97. The van der Waals surface area contributed by atoms with Crippen LogP contribution in [0.3, 0.4) is 0 Å². The lowest BCUT2D eigenvalue weighted by molar-refractivity contribution is 0.160. The second-order valence-electron chi connectivity index (χ2n) is 3.39. The molecule has 0 aliphatic heterocycles. The van der Waals surface area contributed by atoms with Gasteiger partial charge in [-0.1, -0.05) is 0 Å². The molecule has 1 N–H and O–H groups in total. The molecule has 0 fully saturated rings. The summed E-state index contributed by atoms with van der Waals surface area (Å²) >= 11 is 3.50. The van der Waals surface area contributed by atoms with Gasteiger partial charge in [-0.2, -0.15) is 5.10 Å². The van der Waals surface area contributed by atoms with Crippen molar-refractivity contribution in [2.45, 2.75) is 12.6 Å². The van der Waals surface area contributed by atoms with E-state index in [1.54, 1.807) is 20.4 Å². The van der Waals surface area contributed by atoms with Gasteiger partial charge in [0.15, 0.2) is 0 Å². The standard InChI is InChI=1S/C10H18BrN3O2/c1-12-9(7-16-3)10-8(11)6-13-14(10)4-5-15-2/h6,9,12H,4-5,7H2,1-3H3. The van der Waals surface area contributed by atoms with Gasteiger partial charge in [0.05, 0.1) is 42.2 Å². The highest BCUT2D eigenvalue weighted by Gasteiger charge is 2.18. The summed E-state index contributed by atoms with van der Waals surface area (Å²) in [6.07, 6.45) is 1.80. The fraction of sp³-hybridized carbons (Fsp3) is 0.700. The van der Waals surface area contributed by atoms with Gasteiger partial charge in [-0.3, -0.25) is 4.68 Å². The molecule has 0 radical (unpaired) electrons. The highest BCUT2D eigenvalue weighted by molar-refractivity contribution is 9.10. The van der Waals surface area contributed by atoms with E-state index in [1.807, 2.05) is 11.7 Å². The minimum Gasteiger partial charge on any atom is -0.383 e. The molecule has 1 atom stereocenters. The summed E-state index contributed by atoms with van der Waals surface area (Å²) in [6, 6.07) is 0.124. The fourth-order valence-corrected chi connectivity index (χ4v) is 2.11. The summed E-state index contributed by atoms with van der Waals surface area (Å²) in [7, 11) is 5.28. The normalized spacial score (nSPS) is 13.0. The van der Waals surface area contributed by atoms with Crippen LogP contribution >= 0.6 is 15.9 Å². The minimum atomic E-state index is 0.124. The van der Waals surface area contributed by atoms with Gasteiger partial charge in [0.25, 0.3) is 0 Å². The van der Waals surface area contributed by atoms with Crippen LogP contribution in [-0.4, -0.2) is 44.3 Å². The number of nitrogens with one attached hydrogen (secondary N) is 1. The lowest BCUT2D eigenvalue weighted by atomic mass is 10.2. The molecule has 0 aliphatic rings. The van der Waals surface area contributed by atoms with Gasteiger partial charge in [-0.25, -0.2) is 0 Å². The molecule has 1 aromatic rings. The van der Waals surface area contributed by atoms with Crippen LogP contribution in [0.15, 0.2) is 10.7 Å². The maximum Gasteiger partial charge on any atom is 0.0738 e. The highest BCUT2D eigenvalue weighted by atomic mass is 79.9. The third-order valence-electron chi connectivity index (χ3n) is 2.35. The van der Waals surface area contributed by atoms with Gasteiger partial charge in [0.1, 0.15) is 0 Å². The number of halogens is 1. The smallest absolute Gasteiger partial charge is 0.0738 e. The number of likely N-dealkylation sites (N-methyl/N-ethyl adjacent to an activating group) is 1. The van der Waals surface area contributed by atoms with Crippen molar-refractivity contribution in [2.75, 3.05) is 34.5 Å². The molecule has 1 rings (SSSR count). The lowest BCUT2D eigenvalue weighted by Gasteiger charge is -2.17. The third-order valence-corrected chi connectivity index (χ3v) is 2.96. The Morgan fingerprint density at radius 1 is 1.50 bits per heavy atom. The molecule has 0 aliphatic carbocycles. The molecule has 0 bridgehead atoms. The predicted octanol–water partition coefficient (Wildman–Crippen LogP) is 1.20. The van der Waals surface area contributed by atoms with Gasteiger partial charge in [0.2, 0.25) is 0 Å². The highest BCUT2D eigenvalue weighted by Crippen LogP contribution is 2.23. The van der Waals surface area contributed by atoms with Crippen LogP contribution in [0.25, 0.3) is 0 Å². The maximum absolute atomic E-state index is 5.18. The summed E-state index contributed by atoms with van der Waals surface area (Å²) in [6.45, 7) is 1.98. The van der Waals surface area contributed by atoms with Crippen molar-refractivity contribution in [3.8, 4) is 0 Å². The van der Waals surface area contributed by atoms with E-state index in [1.165, 1.54) is 0 Å². The average molecular weight is 292 g/mol. The monoisotopic (exact) mass is 291 g/mol. The van der Waals surface area contributed by atoms with Gasteiger partial charge in [-0.05, 0) is 23.0 Å². The van der Waals surface area contributed by atoms with E-state index in [2.05, 4.69) is 26.3 Å². The molecule has 16 heavy (non-hydrogen) atoms. The molecule has 1 heterocycles. The number of methoxy groups -OCH3 is 2. The van der Waals surface area contributed by atoms with Crippen LogP contribution < -0.4 is 5.32 Å². The number of hydrogen-bond donors (Lipinski definition) is 1. The van der Waals surface area contributed by atoms with Gasteiger partial charge >= 0.3 is 0 Å². The summed E-state index contributed by atoms with van der Waals surface area (Å²) in [4.78, 5) is 0. The number of hydrogen-bond acceptors (Lipinski definition) is 4. The van der Waals surface area contributed by atoms with Crippen LogP contribution in [0.1, 0.15) is 11.7 Å². The number of aromatic nitrogens is 2. The number of rotatable bonds is 7.